The Kier molecular flexibility index (Phi) is 2.19. The maximum absolute atomic E-state index is 3.45. The van der Waals surface area contributed by atoms with E-state index in [0.29, 0.717) is 0 Å². The summed E-state index contributed by atoms with van der Waals surface area (Å²) in [6, 6.07) is 0. The molecule has 0 amide bonds. The van der Waals surface area contributed by atoms with Gasteiger partial charge >= 0.3 is 0 Å². The van der Waals surface area contributed by atoms with Crippen molar-refractivity contribution in [2.24, 2.45) is 0 Å². The van der Waals surface area contributed by atoms with Crippen LogP contribution in [0.3, 0.4) is 0 Å². The zero-order valence-corrected chi connectivity index (χ0v) is 10.5. The Morgan fingerprint density at radius 3 is 3.00 bits per heavy atom. The molecule has 90 valence electrons. The fraction of sp³-hybridized carbons (Fsp3) is 0.294. The highest BCUT2D eigenvalue weighted by Gasteiger charge is 2.26. The molecule has 0 fully saturated rings. The highest BCUT2D eigenvalue weighted by molar-refractivity contribution is 5.69. The molecule has 0 saturated carbocycles. The minimum Gasteiger partial charge on any atom is -0.387 e. The Balaban J connectivity index is 1.94. The van der Waals surface area contributed by atoms with Crippen molar-refractivity contribution in [3.63, 3.8) is 0 Å². The standard InChI is InChI=1S/C17H17N/c1-2-7-15-12(4-1)8-9-13-5-3-6-14-10-18-11-16(15)17(13)14/h2-3,5,7,9,11,18H,1,4,6,8,10H2. The van der Waals surface area contributed by atoms with Crippen LogP contribution >= 0.6 is 0 Å². The van der Waals surface area contributed by atoms with Gasteiger partial charge in [0.1, 0.15) is 0 Å². The number of allylic oxidation sites excluding steroid dienone is 10. The van der Waals surface area contributed by atoms with Gasteiger partial charge in [0.25, 0.3) is 0 Å². The first kappa shape index (κ1) is 10.2. The van der Waals surface area contributed by atoms with Crippen LogP contribution in [-0.2, 0) is 0 Å². The maximum Gasteiger partial charge on any atom is 0.0367 e. The minimum atomic E-state index is 1.01. The van der Waals surface area contributed by atoms with Gasteiger partial charge in [0, 0.05) is 18.3 Å². The summed E-state index contributed by atoms with van der Waals surface area (Å²) in [4.78, 5) is 0. The molecule has 0 atom stereocenters. The van der Waals surface area contributed by atoms with E-state index in [-0.39, 0.29) is 0 Å². The Labute approximate surface area is 108 Å². The van der Waals surface area contributed by atoms with Crippen LogP contribution in [0.25, 0.3) is 0 Å². The summed E-state index contributed by atoms with van der Waals surface area (Å²) in [5.74, 6) is 0. The van der Waals surface area contributed by atoms with Crippen molar-refractivity contribution in [1.29, 1.82) is 0 Å². The lowest BCUT2D eigenvalue weighted by Gasteiger charge is -2.27. The number of fused-ring (bicyclic) bond motifs is 1. The van der Waals surface area contributed by atoms with Gasteiger partial charge in [-0.3, -0.25) is 0 Å². The predicted molar refractivity (Wildman–Crippen MR) is 75.0 cm³/mol. The molecular weight excluding hydrogens is 218 g/mol. The average Bonchev–Trinajstić information content (AvgIpc) is 2.60. The average molecular weight is 235 g/mol. The molecule has 3 aliphatic carbocycles. The van der Waals surface area contributed by atoms with Gasteiger partial charge in [-0.2, -0.15) is 0 Å². The summed E-state index contributed by atoms with van der Waals surface area (Å²) in [5.41, 5.74) is 9.00. The van der Waals surface area contributed by atoms with E-state index in [0.717, 1.165) is 19.4 Å². The van der Waals surface area contributed by atoms with E-state index >= 15 is 0 Å². The van der Waals surface area contributed by atoms with Gasteiger partial charge in [-0.05, 0) is 48.0 Å². The second kappa shape index (κ2) is 3.88. The van der Waals surface area contributed by atoms with E-state index in [1.54, 1.807) is 11.1 Å². The van der Waals surface area contributed by atoms with Crippen molar-refractivity contribution in [2.75, 3.05) is 6.54 Å². The highest BCUT2D eigenvalue weighted by Crippen LogP contribution is 2.41. The Hall–Kier alpha value is -1.76. The van der Waals surface area contributed by atoms with Crippen LogP contribution in [0.4, 0.5) is 0 Å². The van der Waals surface area contributed by atoms with Crippen LogP contribution in [0, 0.1) is 0 Å². The molecule has 0 aromatic carbocycles. The van der Waals surface area contributed by atoms with Crippen LogP contribution in [0.1, 0.15) is 25.7 Å². The first-order valence-electron chi connectivity index (χ1n) is 6.85. The van der Waals surface area contributed by atoms with Crippen molar-refractivity contribution in [3.8, 4) is 0 Å². The third kappa shape index (κ3) is 1.40. The molecule has 1 heterocycles. The molecule has 0 spiro atoms. The van der Waals surface area contributed by atoms with Gasteiger partial charge in [0.15, 0.2) is 0 Å². The van der Waals surface area contributed by atoms with Gasteiger partial charge in [0.2, 0.25) is 0 Å². The molecule has 18 heavy (non-hydrogen) atoms. The van der Waals surface area contributed by atoms with Crippen LogP contribution in [0.2, 0.25) is 0 Å². The normalized spacial score (nSPS) is 24.9. The predicted octanol–water partition coefficient (Wildman–Crippen LogP) is 3.71. The second-order valence-corrected chi connectivity index (χ2v) is 5.35. The molecule has 0 aromatic rings. The fourth-order valence-electron chi connectivity index (χ4n) is 3.39. The molecule has 4 rings (SSSR count). The van der Waals surface area contributed by atoms with E-state index in [4.69, 9.17) is 0 Å². The first-order valence-corrected chi connectivity index (χ1v) is 6.85. The van der Waals surface area contributed by atoms with Crippen molar-refractivity contribution >= 4 is 0 Å². The largest absolute Gasteiger partial charge is 0.387 e. The van der Waals surface area contributed by atoms with E-state index < -0.39 is 0 Å². The zero-order valence-electron chi connectivity index (χ0n) is 10.5. The molecule has 1 nitrogen and oxygen atoms in total. The molecule has 0 radical (unpaired) electrons. The summed E-state index contributed by atoms with van der Waals surface area (Å²) in [6.07, 6.45) is 18.5. The number of hydrogen-bond donors (Lipinski definition) is 1. The molecule has 1 N–H and O–H groups in total. The quantitative estimate of drug-likeness (QED) is 0.675. The topological polar surface area (TPSA) is 12.0 Å². The zero-order chi connectivity index (χ0) is 11.9. The number of rotatable bonds is 0. The Bertz CT molecular complexity index is 591. The summed E-state index contributed by atoms with van der Waals surface area (Å²) < 4.78 is 0. The number of dihydropyridines is 1. The number of hydrogen-bond acceptors (Lipinski definition) is 1. The minimum absolute atomic E-state index is 1.01. The molecule has 1 heteroatoms. The van der Waals surface area contributed by atoms with Crippen molar-refractivity contribution < 1.29 is 0 Å². The molecular formula is C17H17N. The SMILES string of the molecule is C1=CC2=C(CC=C3C=CCC4=C3C2=CNC4)CC1. The smallest absolute Gasteiger partial charge is 0.0367 e. The van der Waals surface area contributed by atoms with Gasteiger partial charge < -0.3 is 5.32 Å². The van der Waals surface area contributed by atoms with Crippen LogP contribution in [-0.4, -0.2) is 6.54 Å². The van der Waals surface area contributed by atoms with Crippen LogP contribution in [0.15, 0.2) is 70.0 Å². The Morgan fingerprint density at radius 1 is 1.00 bits per heavy atom. The molecule has 0 saturated heterocycles. The van der Waals surface area contributed by atoms with E-state index in [1.165, 1.54) is 35.1 Å². The van der Waals surface area contributed by atoms with Crippen LogP contribution < -0.4 is 5.32 Å². The van der Waals surface area contributed by atoms with Crippen molar-refractivity contribution in [1.82, 2.24) is 5.32 Å². The lowest BCUT2D eigenvalue weighted by Crippen LogP contribution is -2.21. The van der Waals surface area contributed by atoms with E-state index in [1.807, 2.05) is 0 Å². The number of nitrogens with one attached hydrogen (secondary N) is 1. The monoisotopic (exact) mass is 235 g/mol. The van der Waals surface area contributed by atoms with Gasteiger partial charge in [0.05, 0.1) is 0 Å². The van der Waals surface area contributed by atoms with E-state index in [9.17, 15) is 0 Å². The molecule has 0 aromatic heterocycles. The van der Waals surface area contributed by atoms with E-state index in [2.05, 4.69) is 41.9 Å². The second-order valence-electron chi connectivity index (χ2n) is 5.35. The van der Waals surface area contributed by atoms with Gasteiger partial charge in [-0.15, -0.1) is 0 Å². The molecule has 0 bridgehead atoms. The molecule has 4 aliphatic rings. The third-order valence-corrected chi connectivity index (χ3v) is 4.27. The first-order chi connectivity index (χ1) is 8.93. The van der Waals surface area contributed by atoms with Crippen molar-refractivity contribution in [2.45, 2.75) is 25.7 Å². The van der Waals surface area contributed by atoms with Crippen LogP contribution in [0.5, 0.6) is 0 Å². The molecule has 0 unspecified atom stereocenters. The van der Waals surface area contributed by atoms with Gasteiger partial charge in [-0.25, -0.2) is 0 Å². The summed E-state index contributed by atoms with van der Waals surface area (Å²) >= 11 is 0. The fourth-order valence-corrected chi connectivity index (χ4v) is 3.39. The Morgan fingerprint density at radius 2 is 2.00 bits per heavy atom. The molecule has 1 aliphatic heterocycles. The maximum atomic E-state index is 3.45. The van der Waals surface area contributed by atoms with Crippen molar-refractivity contribution in [3.05, 3.63) is 70.0 Å². The summed E-state index contributed by atoms with van der Waals surface area (Å²) in [6.45, 7) is 1.01. The lowest BCUT2D eigenvalue weighted by atomic mass is 9.82. The lowest BCUT2D eigenvalue weighted by molar-refractivity contribution is 0.858. The summed E-state index contributed by atoms with van der Waals surface area (Å²) in [7, 11) is 0. The van der Waals surface area contributed by atoms with Gasteiger partial charge in [-0.1, -0.05) is 36.0 Å². The summed E-state index contributed by atoms with van der Waals surface area (Å²) in [5, 5.41) is 3.45. The highest BCUT2D eigenvalue weighted by atomic mass is 14.8. The third-order valence-electron chi connectivity index (χ3n) is 4.27.